The van der Waals surface area contributed by atoms with Crippen LogP contribution in [0, 0.1) is 11.8 Å². The van der Waals surface area contributed by atoms with Gasteiger partial charge in [-0.05, 0) is 84.0 Å². The number of alkyl halides is 1. The number of amides is 2. The zero-order valence-corrected chi connectivity index (χ0v) is 23.9. The van der Waals surface area contributed by atoms with Gasteiger partial charge in [-0.1, -0.05) is 0 Å². The number of carbonyl (C=O) groups excluding carboxylic acids is 3. The molecule has 4 aliphatic heterocycles. The predicted molar refractivity (Wildman–Crippen MR) is 148 cm³/mol. The van der Waals surface area contributed by atoms with Crippen LogP contribution in [-0.4, -0.2) is 114 Å². The molecule has 5 fully saturated rings. The summed E-state index contributed by atoms with van der Waals surface area (Å²) in [7, 11) is 1.70. The van der Waals surface area contributed by atoms with E-state index in [0.29, 0.717) is 12.1 Å². The molecule has 0 aromatic carbocycles. The third-order valence-electron chi connectivity index (χ3n) is 10.3. The average Bonchev–Trinajstić information content (AvgIpc) is 3.47. The summed E-state index contributed by atoms with van der Waals surface area (Å²) in [4.78, 5) is 46.7. The molecule has 0 bridgehead atoms. The Hall–Kier alpha value is -1.68. The number of likely N-dealkylation sites (tertiary alicyclic amines) is 2. The molecule has 10 heteroatoms. The number of ketones is 1. The van der Waals surface area contributed by atoms with Crippen molar-refractivity contribution >= 4 is 29.2 Å². The number of nitrogens with one attached hydrogen (secondary N) is 2. The van der Waals surface area contributed by atoms with Gasteiger partial charge in [0.2, 0.25) is 5.91 Å². The van der Waals surface area contributed by atoms with Gasteiger partial charge in [0.05, 0.1) is 29.9 Å². The number of Topliss-reactive ketones (excluding diaryl/α,β-unsaturated/α-hetero) is 1. The average molecular weight is 562 g/mol. The summed E-state index contributed by atoms with van der Waals surface area (Å²) in [5.74, 6) is -0.371. The number of halogens is 1. The quantitative estimate of drug-likeness (QED) is 0.375. The minimum atomic E-state index is -0.272. The largest absolute Gasteiger partial charge is 0.371 e. The molecule has 7 atom stereocenters. The molecule has 6 aliphatic rings. The summed E-state index contributed by atoms with van der Waals surface area (Å²) < 4.78 is 6.76. The summed E-state index contributed by atoms with van der Waals surface area (Å²) in [5, 5.41) is 5.93. The van der Waals surface area contributed by atoms with Crippen LogP contribution in [0.3, 0.4) is 0 Å². The van der Waals surface area contributed by atoms with E-state index in [4.69, 9.17) is 16.3 Å². The molecular weight excluding hydrogens is 518 g/mol. The highest BCUT2D eigenvalue weighted by molar-refractivity contribution is 6.21. The SMILES string of the molecule is CNC(=O)C1CCN(C2CC3OC4CCC(Cl)CC4N4C=C(C(=O)NCCN5CCCC5)C(=O)C(C2)C34)CC1. The first-order chi connectivity index (χ1) is 18.9. The molecule has 2 N–H and O–H groups in total. The van der Waals surface area contributed by atoms with Gasteiger partial charge in [-0.3, -0.25) is 14.4 Å². The zero-order chi connectivity index (χ0) is 27.1. The summed E-state index contributed by atoms with van der Waals surface area (Å²) in [6.45, 7) is 5.25. The number of hydrogen-bond acceptors (Lipinski definition) is 7. The van der Waals surface area contributed by atoms with Crippen LogP contribution in [0.5, 0.6) is 0 Å². The van der Waals surface area contributed by atoms with Crippen LogP contribution in [0.4, 0.5) is 0 Å². The number of ether oxygens (including phenoxy) is 1. The van der Waals surface area contributed by atoms with Crippen LogP contribution < -0.4 is 10.6 Å². The van der Waals surface area contributed by atoms with Gasteiger partial charge < -0.3 is 30.1 Å². The molecule has 216 valence electrons. The minimum Gasteiger partial charge on any atom is -0.371 e. The summed E-state index contributed by atoms with van der Waals surface area (Å²) in [5.41, 5.74) is 0.299. The van der Waals surface area contributed by atoms with Gasteiger partial charge in [-0.2, -0.15) is 0 Å². The standard InChI is InChI=1S/C29H44ClN5O4/c1-31-28(37)18-6-11-34(12-7-18)20-15-21-26-25(16-20)39-24-5-4-19(30)14-23(24)35(26)17-22(27(21)36)29(38)32-8-13-33-9-2-3-10-33/h17-21,23-26H,2-16H2,1H3,(H,31,37)(H,32,38). The Labute approximate surface area is 237 Å². The molecule has 3 saturated heterocycles. The molecule has 0 radical (unpaired) electrons. The maximum absolute atomic E-state index is 14.0. The van der Waals surface area contributed by atoms with Gasteiger partial charge >= 0.3 is 0 Å². The predicted octanol–water partition coefficient (Wildman–Crippen LogP) is 1.50. The van der Waals surface area contributed by atoms with Crippen LogP contribution >= 0.6 is 11.6 Å². The number of carbonyl (C=O) groups is 3. The molecular formula is C29H44ClN5O4. The summed E-state index contributed by atoms with van der Waals surface area (Å²) >= 11 is 6.63. The lowest BCUT2D eigenvalue weighted by atomic mass is 9.70. The third kappa shape index (κ3) is 5.48. The topological polar surface area (TPSA) is 94.2 Å². The molecule has 0 aromatic heterocycles. The van der Waals surface area contributed by atoms with E-state index in [2.05, 4.69) is 25.3 Å². The first-order valence-corrected chi connectivity index (χ1v) is 15.7. The highest BCUT2D eigenvalue weighted by Crippen LogP contribution is 2.46. The van der Waals surface area contributed by atoms with Crippen molar-refractivity contribution in [2.75, 3.05) is 46.3 Å². The van der Waals surface area contributed by atoms with E-state index in [1.54, 1.807) is 7.05 Å². The molecule has 2 aliphatic carbocycles. The smallest absolute Gasteiger partial charge is 0.256 e. The number of piperidine rings is 1. The summed E-state index contributed by atoms with van der Waals surface area (Å²) in [6, 6.07) is 0.276. The van der Waals surface area contributed by atoms with Crippen molar-refractivity contribution in [3.8, 4) is 0 Å². The van der Waals surface area contributed by atoms with Crippen molar-refractivity contribution in [2.45, 2.75) is 93.5 Å². The van der Waals surface area contributed by atoms with Gasteiger partial charge in [0.15, 0.2) is 5.78 Å². The minimum absolute atomic E-state index is 0.0369. The van der Waals surface area contributed by atoms with E-state index in [1.165, 1.54) is 12.8 Å². The molecule has 7 unspecified atom stereocenters. The van der Waals surface area contributed by atoms with Gasteiger partial charge in [-0.25, -0.2) is 0 Å². The van der Waals surface area contributed by atoms with E-state index in [-0.39, 0.29) is 65.1 Å². The Kier molecular flexibility index (Phi) is 8.22. The highest BCUT2D eigenvalue weighted by Gasteiger charge is 2.56. The molecule has 4 heterocycles. The normalized spacial score (nSPS) is 37.6. The Balaban J connectivity index is 1.20. The molecule has 39 heavy (non-hydrogen) atoms. The fraction of sp³-hybridized carbons (Fsp3) is 0.828. The van der Waals surface area contributed by atoms with Crippen LogP contribution in [-0.2, 0) is 19.1 Å². The van der Waals surface area contributed by atoms with Crippen molar-refractivity contribution in [1.29, 1.82) is 0 Å². The first kappa shape index (κ1) is 27.5. The Morgan fingerprint density at radius 2 is 1.79 bits per heavy atom. The van der Waals surface area contributed by atoms with Gasteiger partial charge in [0.1, 0.15) is 0 Å². The van der Waals surface area contributed by atoms with Crippen molar-refractivity contribution in [3.63, 3.8) is 0 Å². The van der Waals surface area contributed by atoms with Crippen LogP contribution in [0.25, 0.3) is 0 Å². The second-order valence-electron chi connectivity index (χ2n) is 12.5. The second kappa shape index (κ2) is 11.7. The van der Waals surface area contributed by atoms with E-state index in [9.17, 15) is 14.4 Å². The van der Waals surface area contributed by atoms with E-state index in [0.717, 1.165) is 77.7 Å². The molecule has 0 spiro atoms. The monoisotopic (exact) mass is 561 g/mol. The Morgan fingerprint density at radius 1 is 1.03 bits per heavy atom. The molecule has 0 aromatic rings. The van der Waals surface area contributed by atoms with E-state index in [1.807, 2.05) is 6.20 Å². The van der Waals surface area contributed by atoms with Crippen molar-refractivity contribution in [2.24, 2.45) is 11.8 Å². The molecule has 2 saturated carbocycles. The van der Waals surface area contributed by atoms with Crippen molar-refractivity contribution in [3.05, 3.63) is 11.8 Å². The third-order valence-corrected chi connectivity index (χ3v) is 10.7. The lowest BCUT2D eigenvalue weighted by Crippen LogP contribution is -2.69. The molecule has 6 rings (SSSR count). The molecule has 2 amide bonds. The van der Waals surface area contributed by atoms with Gasteiger partial charge in [0, 0.05) is 49.6 Å². The Morgan fingerprint density at radius 3 is 2.54 bits per heavy atom. The van der Waals surface area contributed by atoms with E-state index >= 15 is 0 Å². The lowest BCUT2D eigenvalue weighted by molar-refractivity contribution is -0.188. The van der Waals surface area contributed by atoms with Gasteiger partial charge in [-0.15, -0.1) is 11.6 Å². The highest BCUT2D eigenvalue weighted by atomic mass is 35.5. The van der Waals surface area contributed by atoms with Crippen molar-refractivity contribution in [1.82, 2.24) is 25.3 Å². The number of nitrogens with zero attached hydrogens (tertiary/aromatic N) is 3. The fourth-order valence-electron chi connectivity index (χ4n) is 8.20. The maximum Gasteiger partial charge on any atom is 0.256 e. The number of hydrogen-bond donors (Lipinski definition) is 2. The van der Waals surface area contributed by atoms with E-state index < -0.39 is 0 Å². The van der Waals surface area contributed by atoms with Crippen molar-refractivity contribution < 1.29 is 19.1 Å². The molecule has 9 nitrogen and oxygen atoms in total. The maximum atomic E-state index is 14.0. The zero-order valence-electron chi connectivity index (χ0n) is 23.2. The Bertz CT molecular complexity index is 979. The summed E-state index contributed by atoms with van der Waals surface area (Å²) in [6.07, 6.45) is 10.3. The lowest BCUT2D eigenvalue weighted by Gasteiger charge is -2.59. The first-order valence-electron chi connectivity index (χ1n) is 15.2. The fourth-order valence-corrected chi connectivity index (χ4v) is 8.51. The van der Waals surface area contributed by atoms with Crippen LogP contribution in [0.2, 0.25) is 0 Å². The van der Waals surface area contributed by atoms with Gasteiger partial charge in [0.25, 0.3) is 5.91 Å². The number of fused-ring (bicyclic) bond motifs is 2. The second-order valence-corrected chi connectivity index (χ2v) is 13.1. The van der Waals surface area contributed by atoms with Crippen LogP contribution in [0.1, 0.15) is 57.8 Å². The van der Waals surface area contributed by atoms with Crippen LogP contribution in [0.15, 0.2) is 11.8 Å². The number of morpholine rings is 1. The number of rotatable bonds is 6.